The molecule has 1 aromatic heterocycles. The first kappa shape index (κ1) is 15.0. The van der Waals surface area contributed by atoms with Gasteiger partial charge < -0.3 is 10.1 Å². The second-order valence-corrected chi connectivity index (χ2v) is 4.90. The summed E-state index contributed by atoms with van der Waals surface area (Å²) in [6, 6.07) is 7.48. The molecular formula is C17H20N2O2. The van der Waals surface area contributed by atoms with E-state index in [0.717, 1.165) is 22.4 Å². The summed E-state index contributed by atoms with van der Waals surface area (Å²) in [5, 5.41) is 2.93. The van der Waals surface area contributed by atoms with Crippen LogP contribution in [-0.4, -0.2) is 17.5 Å². The number of aryl methyl sites for hydroxylation is 2. The Balaban J connectivity index is 2.07. The second kappa shape index (κ2) is 6.88. The van der Waals surface area contributed by atoms with Crippen LogP contribution >= 0.6 is 0 Å². The third kappa shape index (κ3) is 3.81. The van der Waals surface area contributed by atoms with Crippen molar-refractivity contribution in [3.63, 3.8) is 0 Å². The summed E-state index contributed by atoms with van der Waals surface area (Å²) in [5.41, 5.74) is 3.90. The molecule has 0 bridgehead atoms. The Kier molecular flexibility index (Phi) is 4.93. The molecule has 1 aromatic carbocycles. The summed E-state index contributed by atoms with van der Waals surface area (Å²) in [4.78, 5) is 15.9. The van der Waals surface area contributed by atoms with Gasteiger partial charge in [-0.15, -0.1) is 0 Å². The molecule has 0 aliphatic heterocycles. The van der Waals surface area contributed by atoms with E-state index in [-0.39, 0.29) is 5.91 Å². The van der Waals surface area contributed by atoms with Crippen molar-refractivity contribution >= 4 is 5.91 Å². The van der Waals surface area contributed by atoms with E-state index in [0.29, 0.717) is 18.7 Å². The number of amides is 1. The summed E-state index contributed by atoms with van der Waals surface area (Å²) in [6.45, 7) is 7.16. The topological polar surface area (TPSA) is 51.2 Å². The Morgan fingerprint density at radius 2 is 1.90 bits per heavy atom. The van der Waals surface area contributed by atoms with E-state index in [1.54, 1.807) is 24.5 Å². The predicted molar refractivity (Wildman–Crippen MR) is 82.5 cm³/mol. The van der Waals surface area contributed by atoms with Gasteiger partial charge in [0.1, 0.15) is 5.75 Å². The fraction of sp³-hybridized carbons (Fsp3) is 0.294. The van der Waals surface area contributed by atoms with Gasteiger partial charge in [0.2, 0.25) is 0 Å². The van der Waals surface area contributed by atoms with Crippen LogP contribution in [0.2, 0.25) is 0 Å². The number of carbonyl (C=O) groups is 1. The van der Waals surface area contributed by atoms with Gasteiger partial charge in [0, 0.05) is 24.5 Å². The van der Waals surface area contributed by atoms with Crippen LogP contribution in [0.5, 0.6) is 5.75 Å². The van der Waals surface area contributed by atoms with E-state index in [9.17, 15) is 4.79 Å². The summed E-state index contributed by atoms with van der Waals surface area (Å²) in [7, 11) is 0. The number of rotatable bonds is 5. The van der Waals surface area contributed by atoms with Crippen LogP contribution in [0.3, 0.4) is 0 Å². The lowest BCUT2D eigenvalue weighted by Gasteiger charge is -2.13. The minimum atomic E-state index is -0.0941. The SMILES string of the molecule is CCOc1cc(C)c(CNC(=O)c2ccncc2)cc1C. The molecule has 2 rings (SSSR count). The molecule has 0 radical (unpaired) electrons. The number of carbonyl (C=O) groups excluding carboxylic acids is 1. The molecule has 0 fully saturated rings. The molecule has 1 N–H and O–H groups in total. The Hall–Kier alpha value is -2.36. The van der Waals surface area contributed by atoms with Crippen molar-refractivity contribution in [2.75, 3.05) is 6.61 Å². The van der Waals surface area contributed by atoms with Crippen LogP contribution < -0.4 is 10.1 Å². The zero-order chi connectivity index (χ0) is 15.2. The smallest absolute Gasteiger partial charge is 0.251 e. The highest BCUT2D eigenvalue weighted by Crippen LogP contribution is 2.22. The van der Waals surface area contributed by atoms with Gasteiger partial charge in [0.05, 0.1) is 6.61 Å². The van der Waals surface area contributed by atoms with Gasteiger partial charge in [-0.1, -0.05) is 6.07 Å². The maximum Gasteiger partial charge on any atom is 0.251 e. The Bertz CT molecular complexity index is 624. The second-order valence-electron chi connectivity index (χ2n) is 4.90. The first-order valence-corrected chi connectivity index (χ1v) is 7.03. The predicted octanol–water partition coefficient (Wildman–Crippen LogP) is 3.03. The van der Waals surface area contributed by atoms with E-state index >= 15 is 0 Å². The monoisotopic (exact) mass is 284 g/mol. The summed E-state index contributed by atoms with van der Waals surface area (Å²) >= 11 is 0. The molecule has 4 nitrogen and oxygen atoms in total. The van der Waals surface area contributed by atoms with Crippen LogP contribution in [-0.2, 0) is 6.54 Å². The van der Waals surface area contributed by atoms with E-state index in [1.165, 1.54) is 0 Å². The Morgan fingerprint density at radius 3 is 2.57 bits per heavy atom. The van der Waals surface area contributed by atoms with Gasteiger partial charge in [-0.25, -0.2) is 0 Å². The number of ether oxygens (including phenoxy) is 1. The van der Waals surface area contributed by atoms with Crippen LogP contribution in [0.1, 0.15) is 34.0 Å². The molecule has 0 unspecified atom stereocenters. The minimum Gasteiger partial charge on any atom is -0.494 e. The minimum absolute atomic E-state index is 0.0941. The molecular weight excluding hydrogens is 264 g/mol. The van der Waals surface area contributed by atoms with E-state index < -0.39 is 0 Å². The fourth-order valence-corrected chi connectivity index (χ4v) is 2.13. The average molecular weight is 284 g/mol. The summed E-state index contributed by atoms with van der Waals surface area (Å²) in [6.07, 6.45) is 3.22. The molecule has 0 saturated heterocycles. The van der Waals surface area contributed by atoms with Crippen molar-refractivity contribution in [1.82, 2.24) is 10.3 Å². The number of pyridine rings is 1. The highest BCUT2D eigenvalue weighted by molar-refractivity contribution is 5.93. The molecule has 0 saturated carbocycles. The molecule has 4 heteroatoms. The normalized spacial score (nSPS) is 10.2. The largest absolute Gasteiger partial charge is 0.494 e. The average Bonchev–Trinajstić information content (AvgIpc) is 2.50. The maximum absolute atomic E-state index is 12.0. The van der Waals surface area contributed by atoms with Gasteiger partial charge in [-0.05, 0) is 55.7 Å². The van der Waals surface area contributed by atoms with Crippen molar-refractivity contribution in [2.24, 2.45) is 0 Å². The zero-order valence-electron chi connectivity index (χ0n) is 12.6. The lowest BCUT2D eigenvalue weighted by atomic mass is 10.0. The molecule has 0 aliphatic rings. The van der Waals surface area contributed by atoms with Crippen LogP contribution in [0.25, 0.3) is 0 Å². The van der Waals surface area contributed by atoms with Crippen LogP contribution in [0.4, 0.5) is 0 Å². The number of aromatic nitrogens is 1. The Morgan fingerprint density at radius 1 is 1.19 bits per heavy atom. The number of nitrogens with zero attached hydrogens (tertiary/aromatic N) is 1. The zero-order valence-corrected chi connectivity index (χ0v) is 12.6. The highest BCUT2D eigenvalue weighted by atomic mass is 16.5. The van der Waals surface area contributed by atoms with Crippen molar-refractivity contribution in [2.45, 2.75) is 27.3 Å². The van der Waals surface area contributed by atoms with Gasteiger partial charge in [0.25, 0.3) is 5.91 Å². The number of nitrogens with one attached hydrogen (secondary N) is 1. The molecule has 1 heterocycles. The van der Waals surface area contributed by atoms with Gasteiger partial charge in [0.15, 0.2) is 0 Å². The molecule has 0 aliphatic carbocycles. The maximum atomic E-state index is 12.0. The first-order chi connectivity index (χ1) is 10.1. The number of hydrogen-bond acceptors (Lipinski definition) is 3. The lowest BCUT2D eigenvalue weighted by molar-refractivity contribution is 0.0951. The first-order valence-electron chi connectivity index (χ1n) is 7.03. The van der Waals surface area contributed by atoms with Gasteiger partial charge in [-0.3, -0.25) is 9.78 Å². The van der Waals surface area contributed by atoms with E-state index in [2.05, 4.69) is 16.4 Å². The third-order valence-electron chi connectivity index (χ3n) is 3.32. The molecule has 110 valence electrons. The molecule has 21 heavy (non-hydrogen) atoms. The third-order valence-corrected chi connectivity index (χ3v) is 3.32. The molecule has 0 spiro atoms. The summed E-state index contributed by atoms with van der Waals surface area (Å²) < 4.78 is 5.57. The van der Waals surface area contributed by atoms with Crippen LogP contribution in [0.15, 0.2) is 36.7 Å². The summed E-state index contributed by atoms with van der Waals surface area (Å²) in [5.74, 6) is 0.808. The van der Waals surface area contributed by atoms with Crippen LogP contribution in [0, 0.1) is 13.8 Å². The Labute approximate surface area is 125 Å². The van der Waals surface area contributed by atoms with Crippen molar-refractivity contribution in [3.8, 4) is 5.75 Å². The molecule has 1 amide bonds. The van der Waals surface area contributed by atoms with Crippen molar-refractivity contribution < 1.29 is 9.53 Å². The number of benzene rings is 1. The quantitative estimate of drug-likeness (QED) is 0.918. The molecule has 2 aromatic rings. The lowest BCUT2D eigenvalue weighted by Crippen LogP contribution is -2.23. The number of hydrogen-bond donors (Lipinski definition) is 1. The van der Waals surface area contributed by atoms with Gasteiger partial charge >= 0.3 is 0 Å². The molecule has 0 atom stereocenters. The highest BCUT2D eigenvalue weighted by Gasteiger charge is 2.08. The van der Waals surface area contributed by atoms with Crippen molar-refractivity contribution in [1.29, 1.82) is 0 Å². The fourth-order valence-electron chi connectivity index (χ4n) is 2.13. The van der Waals surface area contributed by atoms with Crippen molar-refractivity contribution in [3.05, 3.63) is 58.9 Å². The standard InChI is InChI=1S/C17H20N2O2/c1-4-21-16-10-12(2)15(9-13(16)3)11-19-17(20)14-5-7-18-8-6-14/h5-10H,4,11H2,1-3H3,(H,19,20). The van der Waals surface area contributed by atoms with Gasteiger partial charge in [-0.2, -0.15) is 0 Å². The van der Waals surface area contributed by atoms with E-state index in [4.69, 9.17) is 4.74 Å². The van der Waals surface area contributed by atoms with E-state index in [1.807, 2.05) is 26.8 Å².